The lowest BCUT2D eigenvalue weighted by Gasteiger charge is -2.29. The summed E-state index contributed by atoms with van der Waals surface area (Å²) in [5.41, 5.74) is 5.49. The van der Waals surface area contributed by atoms with Crippen molar-refractivity contribution in [3.8, 4) is 0 Å². The van der Waals surface area contributed by atoms with Gasteiger partial charge in [-0.15, -0.1) is 11.3 Å². The van der Waals surface area contributed by atoms with Gasteiger partial charge in [-0.25, -0.2) is 8.42 Å². The molecule has 118 valence electrons. The summed E-state index contributed by atoms with van der Waals surface area (Å²) in [4.78, 5) is 14.8. The van der Waals surface area contributed by atoms with Crippen LogP contribution in [0.5, 0.6) is 0 Å². The Morgan fingerprint density at radius 3 is 2.62 bits per heavy atom. The van der Waals surface area contributed by atoms with Crippen LogP contribution in [0.15, 0.2) is 16.3 Å². The largest absolute Gasteiger partial charge is 0.341 e. The molecule has 1 aliphatic rings. The molecule has 0 spiro atoms. The number of rotatable bonds is 5. The molecule has 0 radical (unpaired) electrons. The maximum Gasteiger partial charge on any atom is 0.250 e. The second-order valence-electron chi connectivity index (χ2n) is 5.15. The van der Waals surface area contributed by atoms with Crippen molar-refractivity contribution < 1.29 is 13.2 Å². The van der Waals surface area contributed by atoms with Crippen LogP contribution in [0.25, 0.3) is 0 Å². The Bertz CT molecular complexity index is 592. The SMILES string of the molecule is CC(NS(=O)(=O)c1ccc(CN)s1)C(=O)N1CCCCC1. The molecular weight excluding hydrogens is 310 g/mol. The first-order valence-electron chi connectivity index (χ1n) is 7.04. The molecule has 2 rings (SSSR count). The van der Waals surface area contributed by atoms with Crippen molar-refractivity contribution >= 4 is 27.3 Å². The number of sulfonamides is 1. The zero-order valence-electron chi connectivity index (χ0n) is 12.0. The summed E-state index contributed by atoms with van der Waals surface area (Å²) >= 11 is 1.13. The van der Waals surface area contributed by atoms with E-state index in [0.717, 1.165) is 35.5 Å². The average Bonchev–Trinajstić information content (AvgIpc) is 2.96. The van der Waals surface area contributed by atoms with Gasteiger partial charge in [0.25, 0.3) is 10.0 Å². The zero-order valence-corrected chi connectivity index (χ0v) is 13.7. The number of nitrogens with one attached hydrogen (secondary N) is 1. The van der Waals surface area contributed by atoms with Crippen LogP contribution < -0.4 is 10.5 Å². The van der Waals surface area contributed by atoms with Crippen LogP contribution in [0.4, 0.5) is 0 Å². The summed E-state index contributed by atoms with van der Waals surface area (Å²) < 4.78 is 27.1. The van der Waals surface area contributed by atoms with Crippen molar-refractivity contribution in [3.63, 3.8) is 0 Å². The van der Waals surface area contributed by atoms with Gasteiger partial charge in [0.1, 0.15) is 4.21 Å². The molecule has 2 heterocycles. The van der Waals surface area contributed by atoms with Crippen LogP contribution in [-0.2, 0) is 21.4 Å². The van der Waals surface area contributed by atoms with Crippen molar-refractivity contribution in [1.82, 2.24) is 9.62 Å². The summed E-state index contributed by atoms with van der Waals surface area (Å²) in [6.45, 7) is 3.32. The highest BCUT2D eigenvalue weighted by Crippen LogP contribution is 2.21. The minimum Gasteiger partial charge on any atom is -0.341 e. The van der Waals surface area contributed by atoms with E-state index in [1.807, 2.05) is 0 Å². The van der Waals surface area contributed by atoms with Gasteiger partial charge in [0.2, 0.25) is 5.91 Å². The van der Waals surface area contributed by atoms with Gasteiger partial charge in [0.05, 0.1) is 6.04 Å². The number of thiophene rings is 1. The molecule has 0 bridgehead atoms. The number of amides is 1. The number of carbonyl (C=O) groups is 1. The van der Waals surface area contributed by atoms with E-state index in [-0.39, 0.29) is 10.1 Å². The highest BCUT2D eigenvalue weighted by molar-refractivity contribution is 7.91. The Kier molecular flexibility index (Phi) is 5.37. The molecule has 8 heteroatoms. The molecule has 0 aromatic carbocycles. The van der Waals surface area contributed by atoms with E-state index in [1.165, 1.54) is 6.07 Å². The number of hydrogen-bond donors (Lipinski definition) is 2. The minimum absolute atomic E-state index is 0.158. The van der Waals surface area contributed by atoms with Gasteiger partial charge in [0, 0.05) is 24.5 Å². The van der Waals surface area contributed by atoms with Gasteiger partial charge in [-0.3, -0.25) is 4.79 Å². The highest BCUT2D eigenvalue weighted by Gasteiger charge is 2.27. The van der Waals surface area contributed by atoms with Crippen LogP contribution in [0.3, 0.4) is 0 Å². The molecule has 21 heavy (non-hydrogen) atoms. The smallest absolute Gasteiger partial charge is 0.250 e. The third kappa shape index (κ3) is 4.03. The van der Waals surface area contributed by atoms with E-state index in [4.69, 9.17) is 5.73 Å². The normalized spacial score (nSPS) is 17.7. The first kappa shape index (κ1) is 16.4. The molecule has 3 N–H and O–H groups in total. The van der Waals surface area contributed by atoms with Gasteiger partial charge in [-0.05, 0) is 38.3 Å². The molecule has 0 aliphatic carbocycles. The average molecular weight is 331 g/mol. The maximum absolute atomic E-state index is 12.3. The van der Waals surface area contributed by atoms with E-state index >= 15 is 0 Å². The summed E-state index contributed by atoms with van der Waals surface area (Å²) in [6, 6.07) is 2.46. The number of nitrogens with two attached hydrogens (primary N) is 1. The number of nitrogens with zero attached hydrogens (tertiary/aromatic N) is 1. The van der Waals surface area contributed by atoms with E-state index in [0.29, 0.717) is 19.6 Å². The van der Waals surface area contributed by atoms with Crippen LogP contribution in [0.2, 0.25) is 0 Å². The molecule has 1 aromatic heterocycles. The summed E-state index contributed by atoms with van der Waals surface area (Å²) in [5, 5.41) is 0. The first-order chi connectivity index (χ1) is 9.94. The van der Waals surface area contributed by atoms with Crippen LogP contribution in [-0.4, -0.2) is 38.4 Å². The molecule has 1 atom stereocenters. The van der Waals surface area contributed by atoms with Crippen molar-refractivity contribution in [2.24, 2.45) is 5.73 Å². The Labute approximate surface area is 129 Å². The summed E-state index contributed by atoms with van der Waals surface area (Å²) in [6.07, 6.45) is 3.09. The quantitative estimate of drug-likeness (QED) is 0.838. The van der Waals surface area contributed by atoms with E-state index in [9.17, 15) is 13.2 Å². The molecule has 1 saturated heterocycles. The van der Waals surface area contributed by atoms with Crippen molar-refractivity contribution in [2.75, 3.05) is 13.1 Å². The van der Waals surface area contributed by atoms with E-state index in [2.05, 4.69) is 4.72 Å². The second kappa shape index (κ2) is 6.87. The first-order valence-corrected chi connectivity index (χ1v) is 9.34. The molecule has 1 unspecified atom stereocenters. The van der Waals surface area contributed by atoms with Crippen LogP contribution in [0, 0.1) is 0 Å². The third-order valence-corrected chi connectivity index (χ3v) is 6.61. The number of likely N-dealkylation sites (tertiary alicyclic amines) is 1. The second-order valence-corrected chi connectivity index (χ2v) is 8.26. The predicted molar refractivity (Wildman–Crippen MR) is 82.4 cm³/mol. The standard InChI is InChI=1S/C13H21N3O3S2/c1-10(13(17)16-7-3-2-4-8-16)15-21(18,19)12-6-5-11(9-14)20-12/h5-6,10,15H,2-4,7-9,14H2,1H3. The Morgan fingerprint density at radius 1 is 1.38 bits per heavy atom. The van der Waals surface area contributed by atoms with E-state index in [1.54, 1.807) is 17.9 Å². The maximum atomic E-state index is 12.3. The topological polar surface area (TPSA) is 92.5 Å². The third-order valence-electron chi connectivity index (χ3n) is 3.47. The predicted octanol–water partition coefficient (Wildman–Crippen LogP) is 0.886. The molecule has 1 aliphatic heterocycles. The highest BCUT2D eigenvalue weighted by atomic mass is 32.2. The zero-order chi connectivity index (χ0) is 15.5. The van der Waals surface area contributed by atoms with Gasteiger partial charge in [0.15, 0.2) is 0 Å². The lowest BCUT2D eigenvalue weighted by atomic mass is 10.1. The lowest BCUT2D eigenvalue weighted by Crippen LogP contribution is -2.48. The van der Waals surface area contributed by atoms with Crippen molar-refractivity contribution in [2.45, 2.75) is 43.0 Å². The minimum atomic E-state index is -3.67. The van der Waals surface area contributed by atoms with Crippen molar-refractivity contribution in [1.29, 1.82) is 0 Å². The Morgan fingerprint density at radius 2 is 2.05 bits per heavy atom. The summed E-state index contributed by atoms with van der Waals surface area (Å²) in [5.74, 6) is -0.158. The van der Waals surface area contributed by atoms with Crippen LogP contribution in [0.1, 0.15) is 31.1 Å². The molecule has 1 aromatic rings. The molecule has 6 nitrogen and oxygen atoms in total. The van der Waals surface area contributed by atoms with Gasteiger partial charge >= 0.3 is 0 Å². The fourth-order valence-electron chi connectivity index (χ4n) is 2.34. The van der Waals surface area contributed by atoms with Crippen LogP contribution >= 0.6 is 11.3 Å². The number of piperidine rings is 1. The monoisotopic (exact) mass is 331 g/mol. The molecule has 0 saturated carbocycles. The fraction of sp³-hybridized carbons (Fsp3) is 0.615. The lowest BCUT2D eigenvalue weighted by molar-refractivity contribution is -0.133. The van der Waals surface area contributed by atoms with E-state index < -0.39 is 16.1 Å². The molecule has 1 amide bonds. The van der Waals surface area contributed by atoms with Gasteiger partial charge < -0.3 is 10.6 Å². The fourth-order valence-corrected chi connectivity index (χ4v) is 4.79. The van der Waals surface area contributed by atoms with Crippen molar-refractivity contribution in [3.05, 3.63) is 17.0 Å². The molecule has 1 fully saturated rings. The Balaban J connectivity index is 2.03. The number of hydrogen-bond acceptors (Lipinski definition) is 5. The van der Waals surface area contributed by atoms with Gasteiger partial charge in [-0.2, -0.15) is 4.72 Å². The Hall–Kier alpha value is -0.960. The summed E-state index contributed by atoms with van der Waals surface area (Å²) in [7, 11) is -3.67. The van der Waals surface area contributed by atoms with Gasteiger partial charge in [-0.1, -0.05) is 0 Å². The molecular formula is C13H21N3O3S2. The number of carbonyl (C=O) groups excluding carboxylic acids is 1.